The number of carbonyl (C=O) groups excluding carboxylic acids is 2. The summed E-state index contributed by atoms with van der Waals surface area (Å²) in [7, 11) is 0. The van der Waals surface area contributed by atoms with Crippen molar-refractivity contribution in [2.24, 2.45) is 0 Å². The number of rotatable bonds is 7. The van der Waals surface area contributed by atoms with E-state index in [0.29, 0.717) is 43.4 Å². The van der Waals surface area contributed by atoms with Gasteiger partial charge in [0, 0.05) is 54.7 Å². The van der Waals surface area contributed by atoms with Crippen molar-refractivity contribution in [1.82, 2.24) is 20.5 Å². The number of benzene rings is 1. The fraction of sp³-hybridized carbons (Fsp3) is 0.500. The van der Waals surface area contributed by atoms with Gasteiger partial charge in [-0.1, -0.05) is 24.6 Å². The summed E-state index contributed by atoms with van der Waals surface area (Å²) in [5, 5.41) is 16.8. The van der Waals surface area contributed by atoms with Gasteiger partial charge in [-0.3, -0.25) is 4.79 Å². The van der Waals surface area contributed by atoms with Crippen LogP contribution < -0.4 is 15.5 Å². The summed E-state index contributed by atoms with van der Waals surface area (Å²) in [6.07, 6.45) is 3.38. The summed E-state index contributed by atoms with van der Waals surface area (Å²) in [6.45, 7) is 2.57. The Balaban J connectivity index is 1.11. The molecule has 3 saturated heterocycles. The van der Waals surface area contributed by atoms with Crippen molar-refractivity contribution in [2.45, 2.75) is 43.0 Å². The minimum atomic E-state index is -1.04. The molecule has 0 bridgehead atoms. The molecule has 0 spiro atoms. The predicted molar refractivity (Wildman–Crippen MR) is 131 cm³/mol. The van der Waals surface area contributed by atoms with E-state index in [4.69, 9.17) is 0 Å². The zero-order valence-electron chi connectivity index (χ0n) is 18.9. The number of hydrogen-bond acceptors (Lipinski definition) is 6. The lowest BCUT2D eigenvalue weighted by molar-refractivity contribution is -0.131. The number of aromatic nitrogens is 1. The van der Waals surface area contributed by atoms with Crippen LogP contribution in [0.3, 0.4) is 0 Å². The largest absolute Gasteiger partial charge is 0.477 e. The van der Waals surface area contributed by atoms with Gasteiger partial charge in [0.2, 0.25) is 5.91 Å². The molecule has 0 saturated carbocycles. The minimum absolute atomic E-state index is 0.0342. The van der Waals surface area contributed by atoms with Gasteiger partial charge in [-0.05, 0) is 25.0 Å². The van der Waals surface area contributed by atoms with Gasteiger partial charge >= 0.3 is 12.0 Å². The van der Waals surface area contributed by atoms with Crippen molar-refractivity contribution in [2.75, 3.05) is 36.8 Å². The molecule has 180 valence electrons. The molecular weight excluding hydrogens is 454 g/mol. The van der Waals surface area contributed by atoms with Crippen LogP contribution in [0.25, 0.3) is 10.9 Å². The quantitative estimate of drug-likeness (QED) is 0.409. The summed E-state index contributed by atoms with van der Waals surface area (Å²) in [4.78, 5) is 44.1. The van der Waals surface area contributed by atoms with E-state index in [-0.39, 0.29) is 29.7 Å². The number of nitrogens with one attached hydrogen (secondary N) is 2. The first-order valence-electron chi connectivity index (χ1n) is 11.8. The molecule has 3 atom stereocenters. The van der Waals surface area contributed by atoms with Gasteiger partial charge in [0.1, 0.15) is 0 Å². The average Bonchev–Trinajstić information content (AvgIpc) is 3.40. The molecule has 1 aromatic carbocycles. The lowest BCUT2D eigenvalue weighted by atomic mass is 10.0. The second kappa shape index (κ2) is 9.69. The van der Waals surface area contributed by atoms with Crippen LogP contribution in [0.15, 0.2) is 30.3 Å². The van der Waals surface area contributed by atoms with Crippen LogP contribution >= 0.6 is 11.8 Å². The Labute approximate surface area is 202 Å². The van der Waals surface area contributed by atoms with E-state index in [9.17, 15) is 19.5 Å². The molecule has 4 heterocycles. The summed E-state index contributed by atoms with van der Waals surface area (Å²) in [5.41, 5.74) is 1.55. The number of nitrogens with zero attached hydrogens (tertiary/aromatic N) is 3. The summed E-state index contributed by atoms with van der Waals surface area (Å²) >= 11 is 1.91. The number of piperazine rings is 1. The number of anilines is 1. The summed E-state index contributed by atoms with van der Waals surface area (Å²) in [6, 6.07) is 9.59. The second-order valence-corrected chi connectivity index (χ2v) is 10.4. The smallest absolute Gasteiger partial charge is 0.354 e. The molecule has 0 radical (unpaired) electrons. The van der Waals surface area contributed by atoms with Crippen LogP contribution in [0.4, 0.5) is 10.5 Å². The second-order valence-electron chi connectivity index (χ2n) is 9.08. The van der Waals surface area contributed by atoms with Gasteiger partial charge in [-0.25, -0.2) is 14.6 Å². The van der Waals surface area contributed by atoms with E-state index >= 15 is 0 Å². The maximum atomic E-state index is 12.8. The Kier molecular flexibility index (Phi) is 6.49. The highest BCUT2D eigenvalue weighted by Crippen LogP contribution is 2.33. The Morgan fingerprint density at radius 3 is 2.71 bits per heavy atom. The molecule has 3 amide bonds. The van der Waals surface area contributed by atoms with Crippen molar-refractivity contribution in [1.29, 1.82) is 0 Å². The van der Waals surface area contributed by atoms with Gasteiger partial charge in [-0.15, -0.1) is 0 Å². The maximum Gasteiger partial charge on any atom is 0.354 e. The van der Waals surface area contributed by atoms with Gasteiger partial charge in [0.25, 0.3) is 0 Å². The standard InChI is InChI=1S/C24H29N5O4S/c30-21(8-4-3-7-20-22-18(14-34-20)26-24(33)27-22)29-11-9-28(10-12-29)19-13-17(23(31)32)25-16-6-2-1-5-15(16)19/h1-2,5-6,13,18,20,22H,3-4,7-12,14H2,(H,31,32)(H2,26,27,33)/t18-,20-,22-/m0/s1. The maximum absolute atomic E-state index is 12.8. The lowest BCUT2D eigenvalue weighted by Gasteiger charge is -2.36. The number of fused-ring (bicyclic) bond motifs is 2. The fourth-order valence-electron chi connectivity index (χ4n) is 5.15. The number of unbranched alkanes of at least 4 members (excludes halogenated alkanes) is 1. The van der Waals surface area contributed by atoms with Crippen LogP contribution in [0.2, 0.25) is 0 Å². The Hall–Kier alpha value is -3.01. The van der Waals surface area contributed by atoms with Crippen molar-refractivity contribution >= 4 is 46.3 Å². The van der Waals surface area contributed by atoms with Gasteiger partial charge in [0.15, 0.2) is 5.69 Å². The van der Waals surface area contributed by atoms with Crippen LogP contribution in [0.1, 0.15) is 36.2 Å². The molecule has 3 aliphatic heterocycles. The molecular formula is C24H29N5O4S. The van der Waals surface area contributed by atoms with E-state index in [1.165, 1.54) is 0 Å². The SMILES string of the molecule is O=C1N[C@H]2[C@H](CS[C@H]2CCCCC(=O)N2CCN(c3cc(C(=O)O)nc4ccccc34)CC2)N1. The van der Waals surface area contributed by atoms with Crippen molar-refractivity contribution in [3.63, 3.8) is 0 Å². The number of aromatic carboxylic acids is 1. The number of carboxylic acid groups (broad SMARTS) is 1. The van der Waals surface area contributed by atoms with Gasteiger partial charge in [-0.2, -0.15) is 11.8 Å². The van der Waals surface area contributed by atoms with Crippen molar-refractivity contribution in [3.8, 4) is 0 Å². The van der Waals surface area contributed by atoms with Crippen molar-refractivity contribution < 1.29 is 19.5 Å². The highest BCUT2D eigenvalue weighted by atomic mass is 32.2. The van der Waals surface area contributed by atoms with E-state index in [2.05, 4.69) is 20.5 Å². The third-order valence-corrected chi connectivity index (χ3v) is 8.46. The third kappa shape index (κ3) is 4.64. The molecule has 3 N–H and O–H groups in total. The topological polar surface area (TPSA) is 115 Å². The monoisotopic (exact) mass is 483 g/mol. The lowest BCUT2D eigenvalue weighted by Crippen LogP contribution is -2.48. The van der Waals surface area contributed by atoms with Crippen LogP contribution in [-0.4, -0.2) is 82.2 Å². The summed E-state index contributed by atoms with van der Waals surface area (Å²) in [5.74, 6) is 0.0926. The summed E-state index contributed by atoms with van der Waals surface area (Å²) < 4.78 is 0. The Morgan fingerprint density at radius 1 is 1.12 bits per heavy atom. The minimum Gasteiger partial charge on any atom is -0.477 e. The van der Waals surface area contributed by atoms with Gasteiger partial charge < -0.3 is 25.5 Å². The Morgan fingerprint density at radius 2 is 1.91 bits per heavy atom. The molecule has 2 aromatic rings. The number of thioether (sulfide) groups is 1. The first-order chi connectivity index (χ1) is 16.5. The zero-order valence-corrected chi connectivity index (χ0v) is 19.7. The van der Waals surface area contributed by atoms with Gasteiger partial charge in [0.05, 0.1) is 17.6 Å². The molecule has 3 aliphatic rings. The predicted octanol–water partition coefficient (Wildman–Crippen LogP) is 2.31. The molecule has 0 aliphatic carbocycles. The number of para-hydroxylation sites is 1. The highest BCUT2D eigenvalue weighted by Gasteiger charge is 2.42. The van der Waals surface area contributed by atoms with E-state index in [1.807, 2.05) is 40.9 Å². The van der Waals surface area contributed by atoms with E-state index < -0.39 is 5.97 Å². The first kappa shape index (κ1) is 22.8. The highest BCUT2D eigenvalue weighted by molar-refractivity contribution is 8.00. The van der Waals surface area contributed by atoms with E-state index in [1.54, 1.807) is 6.07 Å². The number of hydrogen-bond donors (Lipinski definition) is 3. The van der Waals surface area contributed by atoms with Crippen molar-refractivity contribution in [3.05, 3.63) is 36.0 Å². The normalized spacial score (nSPS) is 24.1. The fourth-order valence-corrected chi connectivity index (χ4v) is 6.69. The molecule has 34 heavy (non-hydrogen) atoms. The van der Waals surface area contributed by atoms with Crippen LogP contribution in [0, 0.1) is 0 Å². The molecule has 5 rings (SSSR count). The number of carboxylic acids is 1. The van der Waals surface area contributed by atoms with Crippen LogP contribution in [0.5, 0.6) is 0 Å². The number of amides is 3. The van der Waals surface area contributed by atoms with Crippen LogP contribution in [-0.2, 0) is 4.79 Å². The number of urea groups is 1. The molecule has 10 heteroatoms. The molecule has 9 nitrogen and oxygen atoms in total. The van der Waals surface area contributed by atoms with E-state index in [0.717, 1.165) is 36.1 Å². The average molecular weight is 484 g/mol. The first-order valence-corrected chi connectivity index (χ1v) is 12.9. The Bertz CT molecular complexity index is 1100. The number of carbonyl (C=O) groups is 3. The molecule has 0 unspecified atom stereocenters. The third-order valence-electron chi connectivity index (χ3n) is 6.95. The number of pyridine rings is 1. The molecule has 3 fully saturated rings. The molecule has 1 aromatic heterocycles. The zero-order chi connectivity index (χ0) is 23.7.